The molecule has 0 saturated heterocycles. The number of hydrogen-bond donors (Lipinski definition) is 3. The second kappa shape index (κ2) is 3.23. The zero-order chi connectivity index (χ0) is 3.41. The summed E-state index contributed by atoms with van der Waals surface area (Å²) in [6.45, 7) is 0. The summed E-state index contributed by atoms with van der Waals surface area (Å²) >= 11 is 3.20. The molecule has 0 heterocycles. The molecule has 0 saturated carbocycles. The third-order valence-electron chi connectivity index (χ3n) is 0.0408. The summed E-state index contributed by atoms with van der Waals surface area (Å²) in [5, 5.41) is 7.19. The van der Waals surface area contributed by atoms with Crippen LogP contribution >= 0.6 is 12.8 Å². The molecule has 0 aromatic heterocycles. The van der Waals surface area contributed by atoms with Crippen molar-refractivity contribution in [2.45, 2.75) is 0 Å². The largest absolute Gasteiger partial charge is 0.232 e. The Labute approximate surface area is 29.0 Å². The lowest BCUT2D eigenvalue weighted by molar-refractivity contribution is -0.265. The summed E-state index contributed by atoms with van der Waals surface area (Å²) in [6, 6.07) is 0. The fraction of sp³-hybridized carbons (Fsp3) is 0. The Morgan fingerprint density at radius 2 is 2.25 bits per heavy atom. The molecule has 0 aromatic rings. The number of nitrogens with one attached hydrogen (secondary N) is 1. The molecule has 0 atom stereocenters. The van der Waals surface area contributed by atoms with Crippen LogP contribution in [0.25, 0.3) is 0 Å². The molecule has 0 aliphatic heterocycles. The first-order valence-corrected chi connectivity index (χ1v) is 1.06. The molecule has 0 aliphatic carbocycles. The SMILES string of the molecule is OONS. The molecule has 26 valence electrons. The minimum Gasteiger partial charge on any atom is -0.232 e. The second-order valence-electron chi connectivity index (χ2n) is 0.183. The van der Waals surface area contributed by atoms with Gasteiger partial charge in [-0.15, -0.1) is 9.87 Å². The third-order valence-corrected chi connectivity index (χ3v) is 0.122. The zero-order valence-electron chi connectivity index (χ0n) is 1.80. The van der Waals surface area contributed by atoms with Crippen LogP contribution in [0.4, 0.5) is 0 Å². The maximum atomic E-state index is 7.19. The van der Waals surface area contributed by atoms with E-state index in [2.05, 4.69) is 17.8 Å². The molecule has 0 rings (SSSR count). The van der Waals surface area contributed by atoms with E-state index < -0.39 is 0 Å². The smallest absolute Gasteiger partial charge is 0.0689 e. The topological polar surface area (TPSA) is 41.5 Å². The van der Waals surface area contributed by atoms with Crippen molar-refractivity contribution in [3.05, 3.63) is 0 Å². The van der Waals surface area contributed by atoms with E-state index in [0.29, 0.717) is 0 Å². The van der Waals surface area contributed by atoms with E-state index in [9.17, 15) is 0 Å². The Kier molecular flexibility index (Phi) is 3.42. The quantitative estimate of drug-likeness (QED) is 0.233. The monoisotopic (exact) mass is 81.0 g/mol. The highest BCUT2D eigenvalue weighted by molar-refractivity contribution is 7.77. The van der Waals surface area contributed by atoms with Gasteiger partial charge in [0.2, 0.25) is 0 Å². The molecule has 0 bridgehead atoms. The van der Waals surface area contributed by atoms with Gasteiger partial charge in [0, 0.05) is 0 Å². The van der Waals surface area contributed by atoms with E-state index in [1.54, 1.807) is 4.89 Å². The summed E-state index contributed by atoms with van der Waals surface area (Å²) in [5.41, 5.74) is 0. The average Bonchev–Trinajstić information content (AvgIpc) is 1.37. The molecule has 4 heteroatoms. The molecule has 0 fully saturated rings. The lowest BCUT2D eigenvalue weighted by Gasteiger charge is -1.75. The molecular formula is H3NO2S. The molecule has 0 unspecified atom stereocenters. The summed E-state index contributed by atoms with van der Waals surface area (Å²) in [6.07, 6.45) is 0. The summed E-state index contributed by atoms with van der Waals surface area (Å²) < 4.78 is 0. The first-order chi connectivity index (χ1) is 1.91. The Bertz CT molecular complexity index is 8.00. The van der Waals surface area contributed by atoms with Crippen molar-refractivity contribution < 1.29 is 10.2 Å². The average molecular weight is 81.1 g/mol. The lowest BCUT2D eigenvalue weighted by Crippen LogP contribution is -1.91. The van der Waals surface area contributed by atoms with Crippen molar-refractivity contribution in [3.8, 4) is 0 Å². The Balaban J connectivity index is 1.97. The fourth-order valence-corrected chi connectivity index (χ4v) is 0. The number of thiol groups is 1. The predicted octanol–water partition coefficient (Wildman–Crippen LogP) is -0.175. The number of rotatable bonds is 1. The van der Waals surface area contributed by atoms with Crippen LogP contribution in [-0.2, 0) is 4.99 Å². The Morgan fingerprint density at radius 3 is 2.25 bits per heavy atom. The van der Waals surface area contributed by atoms with E-state index in [-0.39, 0.29) is 0 Å². The van der Waals surface area contributed by atoms with E-state index >= 15 is 0 Å². The van der Waals surface area contributed by atoms with Crippen LogP contribution in [0, 0.1) is 0 Å². The van der Waals surface area contributed by atoms with Gasteiger partial charge in [-0.05, 0) is 0 Å². The van der Waals surface area contributed by atoms with Crippen molar-refractivity contribution in [1.82, 2.24) is 4.89 Å². The van der Waals surface area contributed by atoms with Crippen LogP contribution in [0.2, 0.25) is 0 Å². The Hall–Kier alpha value is 0.230. The van der Waals surface area contributed by atoms with Gasteiger partial charge in [-0.2, -0.15) is 0 Å². The molecule has 0 spiro atoms. The Morgan fingerprint density at radius 1 is 2.00 bits per heavy atom. The van der Waals surface area contributed by atoms with Gasteiger partial charge in [-0.25, -0.2) is 5.26 Å². The van der Waals surface area contributed by atoms with Gasteiger partial charge < -0.3 is 0 Å². The molecule has 0 aliphatic rings. The maximum Gasteiger partial charge on any atom is -0.0689 e. The van der Waals surface area contributed by atoms with Crippen molar-refractivity contribution >= 4 is 12.8 Å². The standard InChI is InChI=1S/H3NO2S/c2-3-1-4/h1-2,4H. The zero-order valence-corrected chi connectivity index (χ0v) is 2.70. The number of hydrogen-bond acceptors (Lipinski definition) is 4. The molecule has 2 N–H and O–H groups in total. The molecular weight excluding hydrogens is 78.1 g/mol. The molecule has 3 nitrogen and oxygen atoms in total. The minimum atomic E-state index is 1.68. The van der Waals surface area contributed by atoms with Gasteiger partial charge >= 0.3 is 0 Å². The predicted molar refractivity (Wildman–Crippen MR) is 15.8 cm³/mol. The van der Waals surface area contributed by atoms with Crippen LogP contribution in [-0.4, -0.2) is 5.26 Å². The van der Waals surface area contributed by atoms with Crippen molar-refractivity contribution in [2.24, 2.45) is 0 Å². The summed E-state index contributed by atoms with van der Waals surface area (Å²) in [7, 11) is 0. The van der Waals surface area contributed by atoms with Gasteiger partial charge in [0.15, 0.2) is 0 Å². The van der Waals surface area contributed by atoms with Crippen LogP contribution in [0.15, 0.2) is 0 Å². The van der Waals surface area contributed by atoms with Gasteiger partial charge in [0.1, 0.15) is 0 Å². The lowest BCUT2D eigenvalue weighted by atomic mass is 13.5. The van der Waals surface area contributed by atoms with Gasteiger partial charge in [0.05, 0.1) is 0 Å². The van der Waals surface area contributed by atoms with Gasteiger partial charge in [-0.3, -0.25) is 0 Å². The highest BCUT2D eigenvalue weighted by Crippen LogP contribution is 1.49. The second-order valence-corrected chi connectivity index (χ2v) is 0.365. The molecule has 0 amide bonds. The normalized spacial score (nSPS) is 7.50. The molecule has 0 radical (unpaired) electrons. The van der Waals surface area contributed by atoms with Crippen LogP contribution < -0.4 is 4.89 Å². The van der Waals surface area contributed by atoms with Gasteiger partial charge in [-0.1, -0.05) is 12.8 Å². The van der Waals surface area contributed by atoms with Crippen molar-refractivity contribution in [1.29, 1.82) is 0 Å². The van der Waals surface area contributed by atoms with E-state index in [1.165, 1.54) is 0 Å². The van der Waals surface area contributed by atoms with Crippen LogP contribution in [0.3, 0.4) is 0 Å². The third kappa shape index (κ3) is 2.23. The van der Waals surface area contributed by atoms with Crippen molar-refractivity contribution in [3.63, 3.8) is 0 Å². The fourth-order valence-electron chi connectivity index (χ4n) is 0. The van der Waals surface area contributed by atoms with E-state index in [4.69, 9.17) is 5.26 Å². The van der Waals surface area contributed by atoms with Gasteiger partial charge in [0.25, 0.3) is 0 Å². The van der Waals surface area contributed by atoms with Crippen LogP contribution in [0.1, 0.15) is 0 Å². The highest BCUT2D eigenvalue weighted by Gasteiger charge is 1.49. The van der Waals surface area contributed by atoms with Crippen LogP contribution in [0.5, 0.6) is 0 Å². The summed E-state index contributed by atoms with van der Waals surface area (Å²) in [5.74, 6) is 0. The van der Waals surface area contributed by atoms with E-state index in [0.717, 1.165) is 0 Å². The van der Waals surface area contributed by atoms with Crippen molar-refractivity contribution in [2.75, 3.05) is 0 Å². The maximum absolute atomic E-state index is 7.19. The first-order valence-electron chi connectivity index (χ1n) is 0.610. The molecule has 4 heavy (non-hydrogen) atoms. The first kappa shape index (κ1) is 4.23. The molecule has 0 aromatic carbocycles. The highest BCUT2D eigenvalue weighted by atomic mass is 32.1. The van der Waals surface area contributed by atoms with E-state index in [1.807, 2.05) is 0 Å². The summed E-state index contributed by atoms with van der Waals surface area (Å²) in [4.78, 5) is 4.84. The minimum absolute atomic E-state index is 1.68.